The van der Waals surface area contributed by atoms with Gasteiger partial charge >= 0.3 is 5.97 Å². The summed E-state index contributed by atoms with van der Waals surface area (Å²) >= 11 is 0. The summed E-state index contributed by atoms with van der Waals surface area (Å²) in [5.41, 5.74) is 0.875. The van der Waals surface area contributed by atoms with Gasteiger partial charge in [-0.15, -0.1) is 0 Å². The van der Waals surface area contributed by atoms with E-state index in [4.69, 9.17) is 4.74 Å². The van der Waals surface area contributed by atoms with Crippen molar-refractivity contribution in [3.05, 3.63) is 54.6 Å². The normalized spacial score (nSPS) is 11.3. The highest BCUT2D eigenvalue weighted by Gasteiger charge is 2.22. The standard InChI is InChI=1S/C16H17N5O4S/c1-3-25-15(22)14-10-17-16(20(14)2)19-26(23,24)13-9-18-21(11-13)12-7-5-4-6-8-12/h4-11H,3H2,1-2H3,(H,17,19). The molecule has 0 aliphatic carbocycles. The summed E-state index contributed by atoms with van der Waals surface area (Å²) in [6.45, 7) is 1.89. The minimum Gasteiger partial charge on any atom is -0.461 e. The van der Waals surface area contributed by atoms with Crippen LogP contribution in [0, 0.1) is 0 Å². The Balaban J connectivity index is 1.84. The maximum atomic E-state index is 12.6. The van der Waals surface area contributed by atoms with E-state index in [0.717, 1.165) is 5.69 Å². The fraction of sp³-hybridized carbons (Fsp3) is 0.188. The van der Waals surface area contributed by atoms with Crippen LogP contribution < -0.4 is 4.72 Å². The first-order chi connectivity index (χ1) is 12.4. The number of nitrogens with one attached hydrogen (secondary N) is 1. The summed E-state index contributed by atoms with van der Waals surface area (Å²) in [7, 11) is -2.40. The van der Waals surface area contributed by atoms with E-state index >= 15 is 0 Å². The molecule has 0 aliphatic heterocycles. The topological polar surface area (TPSA) is 108 Å². The molecule has 0 fully saturated rings. The van der Waals surface area contributed by atoms with E-state index in [-0.39, 0.29) is 23.1 Å². The van der Waals surface area contributed by atoms with Crippen LogP contribution in [0.1, 0.15) is 17.4 Å². The molecule has 0 saturated carbocycles. The molecule has 2 aromatic heterocycles. The number of nitrogens with zero attached hydrogens (tertiary/aromatic N) is 4. The molecular weight excluding hydrogens is 358 g/mol. The lowest BCUT2D eigenvalue weighted by Gasteiger charge is -2.07. The van der Waals surface area contributed by atoms with Crippen LogP contribution in [0.5, 0.6) is 0 Å². The smallest absolute Gasteiger partial charge is 0.356 e. The van der Waals surface area contributed by atoms with Crippen molar-refractivity contribution in [2.24, 2.45) is 7.05 Å². The van der Waals surface area contributed by atoms with Crippen molar-refractivity contribution in [3.63, 3.8) is 0 Å². The van der Waals surface area contributed by atoms with Gasteiger partial charge in [0.15, 0.2) is 0 Å². The third-order valence-corrected chi connectivity index (χ3v) is 4.87. The molecular formula is C16H17N5O4S. The van der Waals surface area contributed by atoms with Crippen molar-refractivity contribution in [1.29, 1.82) is 0 Å². The van der Waals surface area contributed by atoms with Crippen LogP contribution in [0.25, 0.3) is 5.69 Å². The number of carbonyl (C=O) groups is 1. The van der Waals surface area contributed by atoms with Gasteiger partial charge in [-0.3, -0.25) is 0 Å². The summed E-state index contributed by atoms with van der Waals surface area (Å²) in [6, 6.07) is 9.12. The molecule has 0 aliphatic rings. The fourth-order valence-corrected chi connectivity index (χ4v) is 3.22. The van der Waals surface area contributed by atoms with E-state index < -0.39 is 16.0 Å². The number of ether oxygens (including phenoxy) is 1. The van der Waals surface area contributed by atoms with E-state index in [0.29, 0.717) is 0 Å². The molecule has 0 radical (unpaired) electrons. The Hall–Kier alpha value is -3.14. The van der Waals surface area contributed by atoms with Crippen molar-refractivity contribution >= 4 is 21.9 Å². The number of para-hydroxylation sites is 1. The molecule has 3 aromatic rings. The molecule has 2 heterocycles. The Labute approximate surface area is 150 Å². The first-order valence-corrected chi connectivity index (χ1v) is 9.22. The first-order valence-electron chi connectivity index (χ1n) is 7.74. The minimum atomic E-state index is -3.92. The summed E-state index contributed by atoms with van der Waals surface area (Å²) in [4.78, 5) is 15.7. The van der Waals surface area contributed by atoms with Gasteiger partial charge in [-0.2, -0.15) is 5.10 Å². The average molecular weight is 375 g/mol. The van der Waals surface area contributed by atoms with Crippen LogP contribution in [-0.2, 0) is 21.8 Å². The highest BCUT2D eigenvalue weighted by molar-refractivity contribution is 7.92. The second kappa shape index (κ2) is 7.00. The Morgan fingerprint density at radius 1 is 1.23 bits per heavy atom. The SMILES string of the molecule is CCOC(=O)c1cnc(NS(=O)(=O)c2cnn(-c3ccccc3)c2)n1C. The Morgan fingerprint density at radius 2 is 1.96 bits per heavy atom. The number of hydrogen-bond donors (Lipinski definition) is 1. The predicted octanol–water partition coefficient (Wildman–Crippen LogP) is 1.58. The number of rotatable bonds is 6. The van der Waals surface area contributed by atoms with Gasteiger partial charge in [0.25, 0.3) is 10.0 Å². The molecule has 9 nitrogen and oxygen atoms in total. The van der Waals surface area contributed by atoms with E-state index in [9.17, 15) is 13.2 Å². The fourth-order valence-electron chi connectivity index (χ4n) is 2.25. The lowest BCUT2D eigenvalue weighted by Crippen LogP contribution is -2.17. The van der Waals surface area contributed by atoms with Gasteiger partial charge in [0, 0.05) is 7.05 Å². The van der Waals surface area contributed by atoms with Crippen molar-refractivity contribution in [2.45, 2.75) is 11.8 Å². The first kappa shape index (κ1) is 17.7. The third kappa shape index (κ3) is 3.45. The maximum Gasteiger partial charge on any atom is 0.356 e. The van der Waals surface area contributed by atoms with E-state index in [1.54, 1.807) is 19.1 Å². The molecule has 1 aromatic carbocycles. The Bertz CT molecular complexity index is 1020. The minimum absolute atomic E-state index is 0.000476. The largest absolute Gasteiger partial charge is 0.461 e. The van der Waals surface area contributed by atoms with Crippen LogP contribution in [-0.4, -0.2) is 40.3 Å². The molecule has 0 atom stereocenters. The number of aromatic nitrogens is 4. The van der Waals surface area contributed by atoms with Gasteiger partial charge < -0.3 is 9.30 Å². The van der Waals surface area contributed by atoms with Crippen molar-refractivity contribution in [2.75, 3.05) is 11.3 Å². The lowest BCUT2D eigenvalue weighted by atomic mass is 10.3. The van der Waals surface area contributed by atoms with Crippen molar-refractivity contribution in [3.8, 4) is 5.69 Å². The highest BCUT2D eigenvalue weighted by Crippen LogP contribution is 2.17. The molecule has 0 spiro atoms. The van der Waals surface area contributed by atoms with Gasteiger partial charge in [-0.1, -0.05) is 18.2 Å². The van der Waals surface area contributed by atoms with Crippen LogP contribution in [0.4, 0.5) is 5.95 Å². The zero-order valence-corrected chi connectivity index (χ0v) is 15.0. The summed E-state index contributed by atoms with van der Waals surface area (Å²) < 4.78 is 35.2. The van der Waals surface area contributed by atoms with Gasteiger partial charge in [-0.05, 0) is 19.1 Å². The van der Waals surface area contributed by atoms with Crippen molar-refractivity contribution < 1.29 is 17.9 Å². The van der Waals surface area contributed by atoms with Crippen LogP contribution in [0.15, 0.2) is 53.8 Å². The number of benzene rings is 1. The maximum absolute atomic E-state index is 12.6. The molecule has 10 heteroatoms. The van der Waals surface area contributed by atoms with Gasteiger partial charge in [-0.25, -0.2) is 27.6 Å². The quantitative estimate of drug-likeness (QED) is 0.656. The second-order valence-electron chi connectivity index (χ2n) is 5.31. The monoisotopic (exact) mass is 375 g/mol. The number of hydrogen-bond acceptors (Lipinski definition) is 6. The van der Waals surface area contributed by atoms with Gasteiger partial charge in [0.1, 0.15) is 10.6 Å². The zero-order chi connectivity index (χ0) is 18.7. The average Bonchev–Trinajstić information content (AvgIpc) is 3.24. The lowest BCUT2D eigenvalue weighted by molar-refractivity contribution is 0.0515. The highest BCUT2D eigenvalue weighted by atomic mass is 32.2. The van der Waals surface area contributed by atoms with E-state index in [1.165, 1.54) is 34.9 Å². The molecule has 0 bridgehead atoms. The number of imidazole rings is 1. The summed E-state index contributed by atoms with van der Waals surface area (Å²) in [5.74, 6) is -0.578. The van der Waals surface area contributed by atoms with E-state index in [1.807, 2.05) is 18.2 Å². The second-order valence-corrected chi connectivity index (χ2v) is 6.99. The third-order valence-electron chi connectivity index (χ3n) is 3.59. The molecule has 3 rings (SSSR count). The van der Waals surface area contributed by atoms with Gasteiger partial charge in [0.2, 0.25) is 5.95 Å². The van der Waals surface area contributed by atoms with E-state index in [2.05, 4.69) is 14.8 Å². The number of esters is 1. The molecule has 0 unspecified atom stereocenters. The van der Waals surface area contributed by atoms with Crippen molar-refractivity contribution in [1.82, 2.24) is 19.3 Å². The predicted molar refractivity (Wildman–Crippen MR) is 93.5 cm³/mol. The summed E-state index contributed by atoms with van der Waals surface area (Å²) in [5, 5.41) is 4.07. The molecule has 1 N–H and O–H groups in total. The molecule has 26 heavy (non-hydrogen) atoms. The zero-order valence-electron chi connectivity index (χ0n) is 14.2. The molecule has 0 amide bonds. The Kier molecular flexibility index (Phi) is 4.76. The van der Waals surface area contributed by atoms with Gasteiger partial charge in [0.05, 0.1) is 30.9 Å². The summed E-state index contributed by atoms with van der Waals surface area (Å²) in [6.07, 6.45) is 3.89. The Morgan fingerprint density at radius 3 is 2.65 bits per heavy atom. The number of anilines is 1. The number of carbonyl (C=O) groups excluding carboxylic acids is 1. The van der Waals surface area contributed by atoms with Crippen LogP contribution >= 0.6 is 0 Å². The van der Waals surface area contributed by atoms with Crippen LogP contribution in [0.3, 0.4) is 0 Å². The number of sulfonamides is 1. The molecule has 0 saturated heterocycles. The van der Waals surface area contributed by atoms with Crippen LogP contribution in [0.2, 0.25) is 0 Å². The molecule has 136 valence electrons.